The summed E-state index contributed by atoms with van der Waals surface area (Å²) in [6, 6.07) is 55.2. The zero-order valence-electron chi connectivity index (χ0n) is 30.2. The van der Waals surface area contributed by atoms with Gasteiger partial charge < -0.3 is 0 Å². The van der Waals surface area contributed by atoms with Crippen LogP contribution in [0.4, 0.5) is 0 Å². The van der Waals surface area contributed by atoms with E-state index >= 15 is 0 Å². The molecule has 0 unspecified atom stereocenters. The van der Waals surface area contributed by atoms with Gasteiger partial charge in [-0.15, -0.1) is 0 Å². The van der Waals surface area contributed by atoms with E-state index in [1.165, 1.54) is 44.1 Å². The van der Waals surface area contributed by atoms with Crippen molar-refractivity contribution in [2.24, 2.45) is 17.8 Å². The van der Waals surface area contributed by atoms with Crippen molar-refractivity contribution in [3.05, 3.63) is 163 Å². The number of benzene rings is 6. The van der Waals surface area contributed by atoms with Crippen molar-refractivity contribution in [2.45, 2.75) is 43.9 Å². The van der Waals surface area contributed by atoms with Gasteiger partial charge in [0, 0.05) is 16.7 Å². The van der Waals surface area contributed by atoms with Gasteiger partial charge in [-0.1, -0.05) is 133 Å². The summed E-state index contributed by atoms with van der Waals surface area (Å²) in [5.74, 6) is 4.76. The summed E-state index contributed by atoms with van der Waals surface area (Å²) in [5, 5.41) is 9.16. The van der Waals surface area contributed by atoms with Crippen LogP contribution in [0.1, 0.15) is 49.7 Å². The van der Waals surface area contributed by atoms with Crippen molar-refractivity contribution in [3.63, 3.8) is 0 Å². The highest BCUT2D eigenvalue weighted by Gasteiger charge is 2.51. The number of hydrogen-bond donors (Lipinski definition) is 0. The van der Waals surface area contributed by atoms with Gasteiger partial charge in [0.05, 0.1) is 11.6 Å². The van der Waals surface area contributed by atoms with Crippen LogP contribution in [-0.2, 0) is 5.41 Å². The monoisotopic (exact) mass is 696 g/mol. The lowest BCUT2D eigenvalue weighted by Crippen LogP contribution is -2.48. The number of aromatic nitrogens is 3. The molecule has 0 radical (unpaired) electrons. The molecular formula is C50H40N4. The fourth-order valence-corrected chi connectivity index (χ4v) is 10.1. The molecule has 4 aliphatic rings. The Labute approximate surface area is 317 Å². The SMILES string of the molecule is N#Cc1ccc(-c2ccc(-c3ccc(-c4nc(-c5ccc(C67C[C@H]8C[C@H](C6)C[C@@H](C7)C8)cc5)nc(-c5cccc(-c6ccccc6)c5)n4)cc3)cc2)cc1. The van der Waals surface area contributed by atoms with Gasteiger partial charge in [-0.2, -0.15) is 5.26 Å². The normalized spacial score (nSPS) is 21.1. The van der Waals surface area contributed by atoms with Crippen molar-refractivity contribution in [1.82, 2.24) is 15.0 Å². The number of nitriles is 1. The summed E-state index contributed by atoms with van der Waals surface area (Å²) in [6.07, 6.45) is 8.42. The zero-order chi connectivity index (χ0) is 36.1. The van der Waals surface area contributed by atoms with Gasteiger partial charge in [0.2, 0.25) is 0 Å². The lowest BCUT2D eigenvalue weighted by atomic mass is 9.48. The van der Waals surface area contributed by atoms with Crippen LogP contribution in [0.15, 0.2) is 152 Å². The van der Waals surface area contributed by atoms with Crippen LogP contribution >= 0.6 is 0 Å². The summed E-state index contributed by atoms with van der Waals surface area (Å²) >= 11 is 0. The summed E-state index contributed by atoms with van der Waals surface area (Å²) in [4.78, 5) is 15.3. The molecule has 4 bridgehead atoms. The highest BCUT2D eigenvalue weighted by Crippen LogP contribution is 2.60. The number of hydrogen-bond acceptors (Lipinski definition) is 4. The van der Waals surface area contributed by atoms with E-state index in [1.54, 1.807) is 0 Å². The van der Waals surface area contributed by atoms with Crippen LogP contribution in [0.2, 0.25) is 0 Å². The highest BCUT2D eigenvalue weighted by molar-refractivity contribution is 5.75. The Morgan fingerprint density at radius 1 is 0.407 bits per heavy atom. The molecule has 11 rings (SSSR count). The molecule has 0 N–H and O–H groups in total. The minimum absolute atomic E-state index is 0.353. The summed E-state index contributed by atoms with van der Waals surface area (Å²) < 4.78 is 0. The number of rotatable bonds is 7. The van der Waals surface area contributed by atoms with Gasteiger partial charge in [0.15, 0.2) is 17.5 Å². The van der Waals surface area contributed by atoms with Gasteiger partial charge in [-0.05, 0) is 119 Å². The molecule has 0 aliphatic heterocycles. The third kappa shape index (κ3) is 6.10. The molecule has 260 valence electrons. The molecule has 0 saturated heterocycles. The van der Waals surface area contributed by atoms with E-state index in [2.05, 4.69) is 127 Å². The Balaban J connectivity index is 0.989. The predicted octanol–water partition coefficient (Wildman–Crippen LogP) is 12.2. The maximum atomic E-state index is 9.16. The molecule has 0 amide bonds. The van der Waals surface area contributed by atoms with E-state index in [0.29, 0.717) is 28.5 Å². The van der Waals surface area contributed by atoms with Gasteiger partial charge in [0.25, 0.3) is 0 Å². The van der Waals surface area contributed by atoms with E-state index in [0.717, 1.165) is 67.8 Å². The van der Waals surface area contributed by atoms with E-state index in [4.69, 9.17) is 20.2 Å². The maximum Gasteiger partial charge on any atom is 0.164 e. The molecule has 4 nitrogen and oxygen atoms in total. The first-order valence-corrected chi connectivity index (χ1v) is 19.3. The molecule has 54 heavy (non-hydrogen) atoms. The Kier molecular flexibility index (Phi) is 8.02. The minimum atomic E-state index is 0.353. The van der Waals surface area contributed by atoms with E-state index < -0.39 is 0 Å². The molecule has 4 saturated carbocycles. The smallest absolute Gasteiger partial charge is 0.164 e. The second-order valence-corrected chi connectivity index (χ2v) is 15.9. The molecule has 0 atom stereocenters. The fraction of sp³-hybridized carbons (Fsp3) is 0.200. The quantitative estimate of drug-likeness (QED) is 0.166. The van der Waals surface area contributed by atoms with Crippen LogP contribution in [-0.4, -0.2) is 15.0 Å². The Bertz CT molecular complexity index is 2460. The molecule has 4 aliphatic carbocycles. The molecule has 1 heterocycles. The molecule has 4 heteroatoms. The van der Waals surface area contributed by atoms with Crippen LogP contribution in [0.3, 0.4) is 0 Å². The van der Waals surface area contributed by atoms with Crippen molar-refractivity contribution in [1.29, 1.82) is 5.26 Å². The van der Waals surface area contributed by atoms with Crippen LogP contribution in [0.5, 0.6) is 0 Å². The second kappa shape index (κ2) is 13.3. The van der Waals surface area contributed by atoms with Crippen molar-refractivity contribution in [2.75, 3.05) is 0 Å². The van der Waals surface area contributed by atoms with E-state index in [1.807, 2.05) is 30.3 Å². The van der Waals surface area contributed by atoms with Gasteiger partial charge in [-0.25, -0.2) is 15.0 Å². The molecular weight excluding hydrogens is 657 g/mol. The Hall–Kier alpha value is -6.18. The summed E-state index contributed by atoms with van der Waals surface area (Å²) in [5.41, 5.74) is 12.2. The second-order valence-electron chi connectivity index (χ2n) is 15.9. The Morgan fingerprint density at radius 2 is 0.796 bits per heavy atom. The number of nitrogens with zero attached hydrogens (tertiary/aromatic N) is 4. The average Bonchev–Trinajstić information content (AvgIpc) is 3.24. The predicted molar refractivity (Wildman–Crippen MR) is 217 cm³/mol. The first-order valence-electron chi connectivity index (χ1n) is 19.3. The third-order valence-electron chi connectivity index (χ3n) is 12.4. The van der Waals surface area contributed by atoms with Crippen LogP contribution in [0, 0.1) is 29.1 Å². The molecule has 1 aromatic heterocycles. The lowest BCUT2D eigenvalue weighted by Gasteiger charge is -2.57. The fourth-order valence-electron chi connectivity index (χ4n) is 10.1. The van der Waals surface area contributed by atoms with Crippen molar-refractivity contribution < 1.29 is 0 Å². The van der Waals surface area contributed by atoms with Crippen molar-refractivity contribution in [3.8, 4) is 73.6 Å². The average molecular weight is 697 g/mol. The summed E-state index contributed by atoms with van der Waals surface area (Å²) in [6.45, 7) is 0. The Morgan fingerprint density at radius 3 is 1.30 bits per heavy atom. The molecule has 4 fully saturated rings. The lowest BCUT2D eigenvalue weighted by molar-refractivity contribution is -0.00518. The van der Waals surface area contributed by atoms with Gasteiger partial charge >= 0.3 is 0 Å². The minimum Gasteiger partial charge on any atom is -0.208 e. The largest absolute Gasteiger partial charge is 0.208 e. The first kappa shape index (κ1) is 32.5. The van der Waals surface area contributed by atoms with Crippen LogP contribution in [0.25, 0.3) is 67.5 Å². The molecule has 7 aromatic rings. The van der Waals surface area contributed by atoms with E-state index in [-0.39, 0.29) is 0 Å². The van der Waals surface area contributed by atoms with Gasteiger partial charge in [0.1, 0.15) is 0 Å². The van der Waals surface area contributed by atoms with Crippen molar-refractivity contribution >= 4 is 0 Å². The van der Waals surface area contributed by atoms with Crippen LogP contribution < -0.4 is 0 Å². The summed E-state index contributed by atoms with van der Waals surface area (Å²) in [7, 11) is 0. The highest BCUT2D eigenvalue weighted by atomic mass is 15.0. The topological polar surface area (TPSA) is 62.5 Å². The third-order valence-corrected chi connectivity index (χ3v) is 12.4. The maximum absolute atomic E-state index is 9.16. The molecule has 6 aromatic carbocycles. The molecule has 0 spiro atoms. The van der Waals surface area contributed by atoms with Gasteiger partial charge in [-0.3, -0.25) is 0 Å². The first-order chi connectivity index (χ1) is 26.6. The zero-order valence-corrected chi connectivity index (χ0v) is 30.2. The standard InChI is InChI=1S/C50H40N4/c51-32-33-9-11-38(12-10-33)39-13-15-40(16-14-39)41-17-19-42(20-18-41)47-52-48(54-49(53-47)45-8-4-7-44(28-45)37-5-2-1-3-6-37)43-21-23-46(24-22-43)50-29-34-25-35(30-50)27-36(26-34)31-50/h1-24,28,34-36H,25-27,29-31H2/t34-,35-,36-,50?. The van der Waals surface area contributed by atoms with E-state index in [9.17, 15) is 0 Å².